The number of anilines is 1. The lowest BCUT2D eigenvalue weighted by Gasteiger charge is -2.18. The number of amides is 1. The lowest BCUT2D eigenvalue weighted by atomic mass is 10.1. The van der Waals surface area contributed by atoms with Crippen molar-refractivity contribution in [3.63, 3.8) is 0 Å². The summed E-state index contributed by atoms with van der Waals surface area (Å²) in [7, 11) is 0. The number of rotatable bonds is 5. The third-order valence-corrected chi connectivity index (χ3v) is 4.21. The molecular weight excluding hydrogens is 365 g/mol. The van der Waals surface area contributed by atoms with Gasteiger partial charge < -0.3 is 14.8 Å². The molecule has 1 aliphatic heterocycles. The molecule has 1 aliphatic rings. The second-order valence-electron chi connectivity index (χ2n) is 5.45. The molecule has 0 unspecified atom stereocenters. The third-order valence-electron chi connectivity index (χ3n) is 3.65. The van der Waals surface area contributed by atoms with E-state index in [0.29, 0.717) is 46.0 Å². The molecule has 7 heteroatoms. The maximum Gasteiger partial charge on any atom is 0.224 e. The average Bonchev–Trinajstić information content (AvgIpc) is 2.62. The van der Waals surface area contributed by atoms with Crippen LogP contribution in [0.3, 0.4) is 0 Å². The summed E-state index contributed by atoms with van der Waals surface area (Å²) in [6.07, 6.45) is 0.111. The number of ether oxygens (including phenoxy) is 2. The van der Waals surface area contributed by atoms with E-state index in [1.807, 2.05) is 0 Å². The van der Waals surface area contributed by atoms with Crippen LogP contribution in [0.1, 0.15) is 23.2 Å². The number of nitrogens with one attached hydrogen (secondary N) is 1. The first-order chi connectivity index (χ1) is 12.0. The van der Waals surface area contributed by atoms with Crippen molar-refractivity contribution >= 4 is 40.6 Å². The maximum atomic E-state index is 12.3. The monoisotopic (exact) mass is 379 g/mol. The van der Waals surface area contributed by atoms with Crippen LogP contribution in [-0.2, 0) is 4.79 Å². The number of Topliss-reactive ketones (excluding diaryl/α,β-unsaturated/α-hetero) is 1. The Balaban J connectivity index is 1.58. The molecule has 0 radical (unpaired) electrons. The van der Waals surface area contributed by atoms with E-state index in [2.05, 4.69) is 5.32 Å². The second-order valence-corrected chi connectivity index (χ2v) is 6.30. The van der Waals surface area contributed by atoms with Gasteiger partial charge in [-0.2, -0.15) is 0 Å². The summed E-state index contributed by atoms with van der Waals surface area (Å²) in [5.74, 6) is 0.711. The molecule has 0 spiro atoms. The zero-order valence-electron chi connectivity index (χ0n) is 13.2. The molecule has 130 valence electrons. The summed E-state index contributed by atoms with van der Waals surface area (Å²) >= 11 is 11.9. The van der Waals surface area contributed by atoms with Crippen LogP contribution in [0.5, 0.6) is 11.5 Å². The summed E-state index contributed by atoms with van der Waals surface area (Å²) in [5.41, 5.74) is 0.906. The molecule has 1 heterocycles. The zero-order valence-corrected chi connectivity index (χ0v) is 14.7. The second kappa shape index (κ2) is 7.76. The van der Waals surface area contributed by atoms with E-state index in [-0.39, 0.29) is 24.5 Å². The van der Waals surface area contributed by atoms with Gasteiger partial charge in [-0.05, 0) is 36.4 Å². The molecule has 25 heavy (non-hydrogen) atoms. The van der Waals surface area contributed by atoms with E-state index < -0.39 is 0 Å². The van der Waals surface area contributed by atoms with Gasteiger partial charge in [0.15, 0.2) is 17.3 Å². The maximum absolute atomic E-state index is 12.3. The van der Waals surface area contributed by atoms with Crippen LogP contribution in [0, 0.1) is 0 Å². The van der Waals surface area contributed by atoms with Crippen molar-refractivity contribution in [2.75, 3.05) is 18.5 Å². The highest BCUT2D eigenvalue weighted by molar-refractivity contribution is 6.35. The topological polar surface area (TPSA) is 64.6 Å². The van der Waals surface area contributed by atoms with Gasteiger partial charge >= 0.3 is 0 Å². The van der Waals surface area contributed by atoms with Crippen molar-refractivity contribution in [2.24, 2.45) is 0 Å². The van der Waals surface area contributed by atoms with Crippen molar-refractivity contribution in [1.29, 1.82) is 0 Å². The zero-order chi connectivity index (χ0) is 17.8. The van der Waals surface area contributed by atoms with Gasteiger partial charge in [-0.15, -0.1) is 0 Å². The SMILES string of the molecule is O=C(CCC(=O)c1ccc2c(c1)OCCO2)Nc1cc(Cl)ccc1Cl. The van der Waals surface area contributed by atoms with Crippen LogP contribution in [0.15, 0.2) is 36.4 Å². The Morgan fingerprint density at radius 3 is 2.52 bits per heavy atom. The lowest BCUT2D eigenvalue weighted by Crippen LogP contribution is -2.16. The van der Waals surface area contributed by atoms with Crippen molar-refractivity contribution in [1.82, 2.24) is 0 Å². The molecule has 0 fully saturated rings. The van der Waals surface area contributed by atoms with Crippen LogP contribution in [0.25, 0.3) is 0 Å². The first-order valence-electron chi connectivity index (χ1n) is 7.70. The molecular formula is C18H15Cl2NO4. The largest absolute Gasteiger partial charge is 0.486 e. The molecule has 1 N–H and O–H groups in total. The number of carbonyl (C=O) groups excluding carboxylic acids is 2. The highest BCUT2D eigenvalue weighted by atomic mass is 35.5. The first kappa shape index (κ1) is 17.6. The predicted octanol–water partition coefficient (Wildman–Crippen LogP) is 4.37. The van der Waals surface area contributed by atoms with Gasteiger partial charge in [0.2, 0.25) is 5.91 Å². The number of hydrogen-bond acceptors (Lipinski definition) is 4. The quantitative estimate of drug-likeness (QED) is 0.783. The Hall–Kier alpha value is -2.24. The van der Waals surface area contributed by atoms with Gasteiger partial charge in [-0.3, -0.25) is 9.59 Å². The predicted molar refractivity (Wildman–Crippen MR) is 96.1 cm³/mol. The van der Waals surface area contributed by atoms with Crippen molar-refractivity contribution < 1.29 is 19.1 Å². The van der Waals surface area contributed by atoms with Crippen LogP contribution >= 0.6 is 23.2 Å². The van der Waals surface area contributed by atoms with E-state index >= 15 is 0 Å². The fraction of sp³-hybridized carbons (Fsp3) is 0.222. The van der Waals surface area contributed by atoms with Gasteiger partial charge in [0.05, 0.1) is 10.7 Å². The Bertz CT molecular complexity index is 823. The van der Waals surface area contributed by atoms with Crippen molar-refractivity contribution in [2.45, 2.75) is 12.8 Å². The van der Waals surface area contributed by atoms with Crippen LogP contribution in [0.2, 0.25) is 10.0 Å². The normalized spacial score (nSPS) is 12.6. The number of halogens is 2. The highest BCUT2D eigenvalue weighted by Crippen LogP contribution is 2.31. The number of ketones is 1. The van der Waals surface area contributed by atoms with Crippen LogP contribution in [-0.4, -0.2) is 24.9 Å². The smallest absolute Gasteiger partial charge is 0.224 e. The van der Waals surface area contributed by atoms with Crippen LogP contribution in [0.4, 0.5) is 5.69 Å². The van der Waals surface area contributed by atoms with E-state index in [0.717, 1.165) is 0 Å². The number of carbonyl (C=O) groups is 2. The number of fused-ring (bicyclic) bond motifs is 1. The molecule has 0 aromatic heterocycles. The standard InChI is InChI=1S/C18H15Cl2NO4/c19-12-2-3-13(20)14(10-12)21-18(23)6-4-15(22)11-1-5-16-17(9-11)25-8-7-24-16/h1-3,5,9-10H,4,6-8H2,(H,21,23). The molecule has 2 aromatic carbocycles. The summed E-state index contributed by atoms with van der Waals surface area (Å²) in [6, 6.07) is 9.80. The molecule has 0 aliphatic carbocycles. The van der Waals surface area contributed by atoms with Gasteiger partial charge in [0.25, 0.3) is 0 Å². The van der Waals surface area contributed by atoms with Crippen molar-refractivity contribution in [3.05, 3.63) is 52.0 Å². The number of benzene rings is 2. The Morgan fingerprint density at radius 1 is 0.960 bits per heavy atom. The molecule has 1 amide bonds. The molecule has 5 nitrogen and oxygen atoms in total. The van der Waals surface area contributed by atoms with Crippen molar-refractivity contribution in [3.8, 4) is 11.5 Å². The van der Waals surface area contributed by atoms with Gasteiger partial charge in [0.1, 0.15) is 13.2 Å². The molecule has 3 rings (SSSR count). The van der Waals surface area contributed by atoms with Gasteiger partial charge in [-0.25, -0.2) is 0 Å². The summed E-state index contributed by atoms with van der Waals surface area (Å²) in [6.45, 7) is 0.944. The molecule has 0 atom stereocenters. The average molecular weight is 380 g/mol. The van der Waals surface area contributed by atoms with E-state index in [1.54, 1.807) is 36.4 Å². The minimum absolute atomic E-state index is 0.0378. The Kier molecular flexibility index (Phi) is 5.46. The molecule has 2 aromatic rings. The highest BCUT2D eigenvalue weighted by Gasteiger charge is 2.16. The number of hydrogen-bond donors (Lipinski definition) is 1. The third kappa shape index (κ3) is 4.44. The Labute approximate surface area is 154 Å². The Morgan fingerprint density at radius 2 is 1.72 bits per heavy atom. The summed E-state index contributed by atoms with van der Waals surface area (Å²) < 4.78 is 10.9. The minimum atomic E-state index is -0.310. The van der Waals surface area contributed by atoms with E-state index in [4.69, 9.17) is 32.7 Å². The molecule has 0 bridgehead atoms. The molecule has 0 saturated carbocycles. The van der Waals surface area contributed by atoms with Gasteiger partial charge in [0, 0.05) is 23.4 Å². The summed E-state index contributed by atoms with van der Waals surface area (Å²) in [5, 5.41) is 3.51. The minimum Gasteiger partial charge on any atom is -0.486 e. The lowest BCUT2D eigenvalue weighted by molar-refractivity contribution is -0.116. The fourth-order valence-corrected chi connectivity index (χ4v) is 2.73. The summed E-state index contributed by atoms with van der Waals surface area (Å²) in [4.78, 5) is 24.3. The van der Waals surface area contributed by atoms with E-state index in [1.165, 1.54) is 0 Å². The molecule has 0 saturated heterocycles. The van der Waals surface area contributed by atoms with Crippen LogP contribution < -0.4 is 14.8 Å². The first-order valence-corrected chi connectivity index (χ1v) is 8.46. The van der Waals surface area contributed by atoms with E-state index in [9.17, 15) is 9.59 Å². The van der Waals surface area contributed by atoms with Gasteiger partial charge in [-0.1, -0.05) is 23.2 Å². The fourth-order valence-electron chi connectivity index (χ4n) is 2.39.